The molecule has 1 heterocycles. The van der Waals surface area contributed by atoms with Crippen LogP contribution in [-0.4, -0.2) is 37.9 Å². The molecule has 1 N–H and O–H groups in total. The Balaban J connectivity index is 2.27. The van der Waals surface area contributed by atoms with E-state index < -0.39 is 10.2 Å². The van der Waals surface area contributed by atoms with Gasteiger partial charge < -0.3 is 4.57 Å². The molecule has 1 atom stereocenters. The normalized spacial score (nSPS) is 13.8. The third kappa shape index (κ3) is 4.15. The number of nitrogens with zero attached hydrogens (tertiary/aromatic N) is 2. The first-order valence-corrected chi connectivity index (χ1v) is 9.95. The molecule has 7 heteroatoms. The molecule has 5 nitrogen and oxygen atoms in total. The fourth-order valence-electron chi connectivity index (χ4n) is 2.50. The molecule has 0 fully saturated rings. The molecule has 0 amide bonds. The Hall–Kier alpha value is -0.890. The predicted molar refractivity (Wildman–Crippen MR) is 99.0 cm³/mol. The molecule has 0 aliphatic carbocycles. The summed E-state index contributed by atoms with van der Waals surface area (Å²) in [5, 5.41) is 1.18. The summed E-state index contributed by atoms with van der Waals surface area (Å²) in [6, 6.07) is 6.64. The van der Waals surface area contributed by atoms with Crippen molar-refractivity contribution in [3.8, 4) is 0 Å². The number of benzene rings is 1. The molecule has 0 aliphatic heterocycles. The third-order valence-corrected chi connectivity index (χ3v) is 6.13. The van der Waals surface area contributed by atoms with Gasteiger partial charge in [0.05, 0.1) is 0 Å². The second-order valence-corrected chi connectivity index (χ2v) is 8.80. The van der Waals surface area contributed by atoms with Crippen molar-refractivity contribution in [3.05, 3.63) is 34.4 Å². The van der Waals surface area contributed by atoms with E-state index in [-0.39, 0.29) is 0 Å². The van der Waals surface area contributed by atoms with Crippen LogP contribution in [0.15, 0.2) is 28.9 Å². The quantitative estimate of drug-likeness (QED) is 0.773. The maximum absolute atomic E-state index is 11.8. The van der Waals surface area contributed by atoms with Crippen LogP contribution in [0.5, 0.6) is 0 Å². The predicted octanol–water partition coefficient (Wildman–Crippen LogP) is 3.31. The average Bonchev–Trinajstić information content (AvgIpc) is 2.84. The van der Waals surface area contributed by atoms with Crippen LogP contribution in [-0.2, 0) is 16.6 Å². The van der Waals surface area contributed by atoms with E-state index in [4.69, 9.17) is 0 Å². The summed E-state index contributed by atoms with van der Waals surface area (Å²) in [6.45, 7) is 4.74. The Bertz CT molecular complexity index is 784. The van der Waals surface area contributed by atoms with Crippen LogP contribution >= 0.6 is 15.9 Å². The van der Waals surface area contributed by atoms with Gasteiger partial charge >= 0.3 is 0 Å². The van der Waals surface area contributed by atoms with Gasteiger partial charge in [-0.05, 0) is 37.5 Å². The van der Waals surface area contributed by atoms with Crippen LogP contribution in [0.3, 0.4) is 0 Å². The highest BCUT2D eigenvalue weighted by Gasteiger charge is 2.15. The van der Waals surface area contributed by atoms with Crippen LogP contribution < -0.4 is 4.72 Å². The molecule has 0 aliphatic rings. The molecule has 1 unspecified atom stereocenters. The summed E-state index contributed by atoms with van der Waals surface area (Å²) in [7, 11) is -0.329. The topological polar surface area (TPSA) is 54.3 Å². The van der Waals surface area contributed by atoms with Gasteiger partial charge in [-0.25, -0.2) is 4.72 Å². The maximum atomic E-state index is 11.8. The summed E-state index contributed by atoms with van der Waals surface area (Å²) in [5.74, 6) is 0. The van der Waals surface area contributed by atoms with Gasteiger partial charge in [-0.1, -0.05) is 28.9 Å². The lowest BCUT2D eigenvalue weighted by Crippen LogP contribution is -2.36. The highest BCUT2D eigenvalue weighted by molar-refractivity contribution is 9.10. The lowest BCUT2D eigenvalue weighted by atomic mass is 10.1. The molecule has 1 aromatic carbocycles. The zero-order valence-corrected chi connectivity index (χ0v) is 16.4. The summed E-state index contributed by atoms with van der Waals surface area (Å²) in [5.41, 5.74) is 2.34. The molecular formula is C16H24BrN3O2S. The largest absolute Gasteiger partial charge is 0.344 e. The molecule has 0 saturated carbocycles. The Morgan fingerprint density at radius 2 is 2.04 bits per heavy atom. The van der Waals surface area contributed by atoms with Gasteiger partial charge in [-0.2, -0.15) is 12.7 Å². The van der Waals surface area contributed by atoms with E-state index >= 15 is 0 Å². The van der Waals surface area contributed by atoms with Crippen LogP contribution in [0.1, 0.15) is 31.9 Å². The fraction of sp³-hybridized carbons (Fsp3) is 0.500. The molecule has 0 bridgehead atoms. The second-order valence-electron chi connectivity index (χ2n) is 5.91. The number of fused-ring (bicyclic) bond motifs is 1. The van der Waals surface area contributed by atoms with Crippen molar-refractivity contribution in [2.45, 2.75) is 32.7 Å². The van der Waals surface area contributed by atoms with Gasteiger partial charge in [0.1, 0.15) is 0 Å². The van der Waals surface area contributed by atoms with E-state index in [0.717, 1.165) is 16.5 Å². The minimum absolute atomic E-state index is 0.385. The molecule has 0 radical (unpaired) electrons. The number of hydrogen-bond donors (Lipinski definition) is 1. The summed E-state index contributed by atoms with van der Waals surface area (Å²) < 4.78 is 30.7. The number of halogens is 1. The number of nitrogens with one attached hydrogen (secondary N) is 1. The Labute approximate surface area is 147 Å². The molecule has 23 heavy (non-hydrogen) atoms. The van der Waals surface area contributed by atoms with Crippen LogP contribution in [0.4, 0.5) is 0 Å². The summed E-state index contributed by atoms with van der Waals surface area (Å²) in [6.07, 6.45) is 3.85. The third-order valence-electron chi connectivity index (χ3n) is 4.10. The first kappa shape index (κ1) is 18.4. The van der Waals surface area contributed by atoms with Crippen LogP contribution in [0.2, 0.25) is 0 Å². The van der Waals surface area contributed by atoms with Crippen molar-refractivity contribution in [1.29, 1.82) is 0 Å². The Morgan fingerprint density at radius 3 is 2.65 bits per heavy atom. The van der Waals surface area contributed by atoms with E-state index in [2.05, 4.69) is 57.4 Å². The van der Waals surface area contributed by atoms with Crippen molar-refractivity contribution >= 4 is 37.0 Å². The van der Waals surface area contributed by atoms with E-state index in [0.29, 0.717) is 19.0 Å². The van der Waals surface area contributed by atoms with Crippen molar-refractivity contribution in [1.82, 2.24) is 13.6 Å². The summed E-state index contributed by atoms with van der Waals surface area (Å²) in [4.78, 5) is 0. The highest BCUT2D eigenvalue weighted by Crippen LogP contribution is 2.28. The van der Waals surface area contributed by atoms with Crippen molar-refractivity contribution in [2.24, 2.45) is 0 Å². The molecule has 2 rings (SSSR count). The van der Waals surface area contributed by atoms with Crippen molar-refractivity contribution in [3.63, 3.8) is 0 Å². The van der Waals surface area contributed by atoms with Crippen molar-refractivity contribution in [2.75, 3.05) is 20.6 Å². The first-order valence-electron chi connectivity index (χ1n) is 7.72. The van der Waals surface area contributed by atoms with Gasteiger partial charge in [0.15, 0.2) is 0 Å². The van der Waals surface area contributed by atoms with Gasteiger partial charge in [0.2, 0.25) is 0 Å². The van der Waals surface area contributed by atoms with Gasteiger partial charge in [0, 0.05) is 48.3 Å². The number of hydrogen-bond acceptors (Lipinski definition) is 2. The Kier molecular flexibility index (Phi) is 5.89. The maximum Gasteiger partial charge on any atom is 0.278 e. The lowest BCUT2D eigenvalue weighted by Gasteiger charge is -2.12. The molecule has 0 saturated heterocycles. The van der Waals surface area contributed by atoms with E-state index in [1.54, 1.807) is 0 Å². The monoisotopic (exact) mass is 401 g/mol. The molecule has 128 valence electrons. The van der Waals surface area contributed by atoms with Crippen LogP contribution in [0, 0.1) is 0 Å². The minimum Gasteiger partial charge on any atom is -0.344 e. The minimum atomic E-state index is -3.37. The zero-order valence-electron chi connectivity index (χ0n) is 14.0. The Morgan fingerprint density at radius 1 is 1.35 bits per heavy atom. The van der Waals surface area contributed by atoms with Gasteiger partial charge in [-0.3, -0.25) is 0 Å². The van der Waals surface area contributed by atoms with Gasteiger partial charge in [-0.15, -0.1) is 0 Å². The second kappa shape index (κ2) is 7.34. The number of rotatable bonds is 7. The average molecular weight is 402 g/mol. The zero-order chi connectivity index (χ0) is 17.2. The fourth-order valence-corrected chi connectivity index (χ4v) is 3.47. The molecule has 2 aromatic rings. The molecule has 1 aromatic heterocycles. The smallest absolute Gasteiger partial charge is 0.278 e. The SMILES string of the molecule is CCC(C)n1cc(CCNS(=O)(=O)N(C)C)c2ccc(Br)cc21. The van der Waals surface area contributed by atoms with Gasteiger partial charge in [0.25, 0.3) is 10.2 Å². The molecular weight excluding hydrogens is 378 g/mol. The highest BCUT2D eigenvalue weighted by atomic mass is 79.9. The summed E-state index contributed by atoms with van der Waals surface area (Å²) >= 11 is 3.53. The van der Waals surface area contributed by atoms with Crippen molar-refractivity contribution < 1.29 is 8.42 Å². The standard InChI is InChI=1S/C16H24BrN3O2S/c1-5-12(2)20-11-13(8-9-18-23(21,22)19(3)4)15-7-6-14(17)10-16(15)20/h6-7,10-12,18H,5,8-9H2,1-4H3. The van der Waals surface area contributed by atoms with E-state index in [1.807, 2.05) is 6.07 Å². The first-order chi connectivity index (χ1) is 10.8. The number of aromatic nitrogens is 1. The van der Waals surface area contributed by atoms with Crippen LogP contribution in [0.25, 0.3) is 10.9 Å². The van der Waals surface area contributed by atoms with E-state index in [9.17, 15) is 8.42 Å². The van der Waals surface area contributed by atoms with E-state index in [1.165, 1.54) is 29.3 Å². The lowest BCUT2D eigenvalue weighted by molar-refractivity contribution is 0.505. The molecule has 0 spiro atoms.